The molecule has 0 radical (unpaired) electrons. The molecule has 0 bridgehead atoms. The Morgan fingerprint density at radius 3 is 2.89 bits per heavy atom. The standard InChI is InChI=1S/C14H18N2O2S/c1-3-15-7-11-4-5-13(14(6-11)17-2)18-8-12-9-19-10-16-12/h4-6,9-10,15H,3,7-8H2,1-2H3. The first kappa shape index (κ1) is 13.8. The monoisotopic (exact) mass is 278 g/mol. The third-order valence-electron chi connectivity index (χ3n) is 2.67. The average molecular weight is 278 g/mol. The molecule has 102 valence electrons. The van der Waals surface area contributed by atoms with Crippen LogP contribution < -0.4 is 14.8 Å². The van der Waals surface area contributed by atoms with Crippen LogP contribution in [-0.4, -0.2) is 18.6 Å². The molecule has 0 saturated carbocycles. The summed E-state index contributed by atoms with van der Waals surface area (Å²) in [4.78, 5) is 4.19. The van der Waals surface area contributed by atoms with Gasteiger partial charge in [-0.3, -0.25) is 0 Å². The second-order valence-electron chi connectivity index (χ2n) is 4.03. The van der Waals surface area contributed by atoms with E-state index in [4.69, 9.17) is 9.47 Å². The van der Waals surface area contributed by atoms with Gasteiger partial charge in [-0.2, -0.15) is 0 Å². The van der Waals surface area contributed by atoms with Crippen LogP contribution in [0.3, 0.4) is 0 Å². The molecule has 1 N–H and O–H groups in total. The third kappa shape index (κ3) is 3.94. The van der Waals surface area contributed by atoms with Crippen LogP contribution in [0.1, 0.15) is 18.2 Å². The van der Waals surface area contributed by atoms with Gasteiger partial charge in [0.15, 0.2) is 11.5 Å². The number of rotatable bonds is 7. The van der Waals surface area contributed by atoms with Crippen molar-refractivity contribution in [3.05, 3.63) is 40.3 Å². The molecule has 1 aromatic carbocycles. The van der Waals surface area contributed by atoms with E-state index in [-0.39, 0.29) is 0 Å². The molecule has 2 aromatic rings. The lowest BCUT2D eigenvalue weighted by Crippen LogP contribution is -2.11. The van der Waals surface area contributed by atoms with E-state index in [1.54, 1.807) is 24.0 Å². The van der Waals surface area contributed by atoms with Gasteiger partial charge < -0.3 is 14.8 Å². The summed E-state index contributed by atoms with van der Waals surface area (Å²) >= 11 is 1.57. The predicted molar refractivity (Wildman–Crippen MR) is 76.8 cm³/mol. The molecule has 0 unspecified atom stereocenters. The molecule has 0 fully saturated rings. The van der Waals surface area contributed by atoms with Gasteiger partial charge in [0.25, 0.3) is 0 Å². The van der Waals surface area contributed by atoms with Gasteiger partial charge in [0.05, 0.1) is 18.3 Å². The third-order valence-corrected chi connectivity index (χ3v) is 3.30. The highest BCUT2D eigenvalue weighted by molar-refractivity contribution is 7.07. The molecule has 1 heterocycles. The lowest BCUT2D eigenvalue weighted by Gasteiger charge is -2.11. The Kier molecular flexibility index (Phi) is 5.18. The summed E-state index contributed by atoms with van der Waals surface area (Å²) in [5, 5.41) is 5.26. The lowest BCUT2D eigenvalue weighted by molar-refractivity contribution is 0.281. The molecule has 4 nitrogen and oxygen atoms in total. The molecule has 1 aromatic heterocycles. The largest absolute Gasteiger partial charge is 0.493 e. The summed E-state index contributed by atoms with van der Waals surface area (Å²) in [6.07, 6.45) is 0. The number of hydrogen-bond acceptors (Lipinski definition) is 5. The normalized spacial score (nSPS) is 10.4. The zero-order valence-corrected chi connectivity index (χ0v) is 12.0. The van der Waals surface area contributed by atoms with Crippen LogP contribution in [0, 0.1) is 0 Å². The minimum absolute atomic E-state index is 0.465. The van der Waals surface area contributed by atoms with E-state index >= 15 is 0 Å². The highest BCUT2D eigenvalue weighted by atomic mass is 32.1. The Morgan fingerprint density at radius 1 is 1.32 bits per heavy atom. The fraction of sp³-hybridized carbons (Fsp3) is 0.357. The highest BCUT2D eigenvalue weighted by Gasteiger charge is 2.06. The Morgan fingerprint density at radius 2 is 2.21 bits per heavy atom. The second kappa shape index (κ2) is 7.11. The molecule has 0 amide bonds. The van der Waals surface area contributed by atoms with Crippen LogP contribution in [0.2, 0.25) is 0 Å². The van der Waals surface area contributed by atoms with Crippen molar-refractivity contribution >= 4 is 11.3 Å². The van der Waals surface area contributed by atoms with E-state index in [2.05, 4.69) is 17.2 Å². The van der Waals surface area contributed by atoms with Gasteiger partial charge in [0.1, 0.15) is 6.61 Å². The van der Waals surface area contributed by atoms with Crippen LogP contribution in [0.25, 0.3) is 0 Å². The number of ether oxygens (including phenoxy) is 2. The Bertz CT molecular complexity index is 500. The van der Waals surface area contributed by atoms with Gasteiger partial charge in [-0.25, -0.2) is 4.98 Å². The summed E-state index contributed by atoms with van der Waals surface area (Å²) in [6.45, 7) is 4.33. The quantitative estimate of drug-likeness (QED) is 0.846. The average Bonchev–Trinajstić information content (AvgIpc) is 2.96. The zero-order chi connectivity index (χ0) is 13.5. The van der Waals surface area contributed by atoms with E-state index in [9.17, 15) is 0 Å². The molecule has 0 spiro atoms. The minimum atomic E-state index is 0.465. The Hall–Kier alpha value is -1.59. The minimum Gasteiger partial charge on any atom is -0.493 e. The van der Waals surface area contributed by atoms with Crippen molar-refractivity contribution in [2.45, 2.75) is 20.1 Å². The number of hydrogen-bond donors (Lipinski definition) is 1. The summed E-state index contributed by atoms with van der Waals surface area (Å²) in [5.74, 6) is 1.50. The maximum absolute atomic E-state index is 5.73. The molecule has 0 atom stereocenters. The van der Waals surface area contributed by atoms with E-state index in [0.29, 0.717) is 6.61 Å². The lowest BCUT2D eigenvalue weighted by atomic mass is 10.2. The topological polar surface area (TPSA) is 43.4 Å². The predicted octanol–water partition coefficient (Wildman–Crippen LogP) is 2.84. The number of nitrogens with zero attached hydrogens (tertiary/aromatic N) is 1. The van der Waals surface area contributed by atoms with Crippen molar-refractivity contribution in [2.24, 2.45) is 0 Å². The summed E-state index contributed by atoms with van der Waals surface area (Å²) in [5.41, 5.74) is 3.92. The smallest absolute Gasteiger partial charge is 0.161 e. The summed E-state index contributed by atoms with van der Waals surface area (Å²) in [7, 11) is 1.65. The van der Waals surface area contributed by atoms with Gasteiger partial charge in [-0.15, -0.1) is 11.3 Å². The highest BCUT2D eigenvalue weighted by Crippen LogP contribution is 2.28. The number of benzene rings is 1. The Balaban J connectivity index is 2.03. The molecule has 19 heavy (non-hydrogen) atoms. The van der Waals surface area contributed by atoms with Crippen LogP contribution in [-0.2, 0) is 13.2 Å². The van der Waals surface area contributed by atoms with E-state index in [0.717, 1.165) is 30.3 Å². The fourth-order valence-electron chi connectivity index (χ4n) is 1.67. The van der Waals surface area contributed by atoms with Gasteiger partial charge in [0, 0.05) is 11.9 Å². The van der Waals surface area contributed by atoms with E-state index < -0.39 is 0 Å². The number of nitrogens with one attached hydrogen (secondary N) is 1. The molecule has 0 saturated heterocycles. The van der Waals surface area contributed by atoms with Crippen molar-refractivity contribution in [3.63, 3.8) is 0 Å². The second-order valence-corrected chi connectivity index (χ2v) is 4.75. The first-order valence-corrected chi connectivity index (χ1v) is 7.15. The maximum Gasteiger partial charge on any atom is 0.161 e. The SMILES string of the molecule is CCNCc1ccc(OCc2cscn2)c(OC)c1. The molecule has 0 aliphatic heterocycles. The number of thiazole rings is 1. The van der Waals surface area contributed by atoms with Crippen LogP contribution in [0.4, 0.5) is 0 Å². The molecule has 0 aliphatic rings. The van der Waals surface area contributed by atoms with E-state index in [1.165, 1.54) is 5.56 Å². The van der Waals surface area contributed by atoms with Crippen molar-refractivity contribution in [1.29, 1.82) is 0 Å². The molecule has 5 heteroatoms. The van der Waals surface area contributed by atoms with Crippen molar-refractivity contribution in [3.8, 4) is 11.5 Å². The van der Waals surface area contributed by atoms with Gasteiger partial charge >= 0.3 is 0 Å². The van der Waals surface area contributed by atoms with Crippen LogP contribution >= 0.6 is 11.3 Å². The number of methoxy groups -OCH3 is 1. The van der Waals surface area contributed by atoms with Gasteiger partial charge in [0.2, 0.25) is 0 Å². The fourth-order valence-corrected chi connectivity index (χ4v) is 2.21. The Labute approximate surface area is 117 Å². The molecule has 2 rings (SSSR count). The first-order chi connectivity index (χ1) is 9.33. The van der Waals surface area contributed by atoms with Crippen LogP contribution in [0.15, 0.2) is 29.1 Å². The maximum atomic E-state index is 5.73. The van der Waals surface area contributed by atoms with Crippen LogP contribution in [0.5, 0.6) is 11.5 Å². The summed E-state index contributed by atoms with van der Waals surface area (Å²) < 4.78 is 11.1. The molecular formula is C14H18N2O2S. The van der Waals surface area contributed by atoms with Gasteiger partial charge in [-0.05, 0) is 24.2 Å². The van der Waals surface area contributed by atoms with E-state index in [1.807, 2.05) is 23.6 Å². The van der Waals surface area contributed by atoms with Gasteiger partial charge in [-0.1, -0.05) is 13.0 Å². The molecule has 0 aliphatic carbocycles. The zero-order valence-electron chi connectivity index (χ0n) is 11.2. The van der Waals surface area contributed by atoms with Crippen molar-refractivity contribution in [1.82, 2.24) is 10.3 Å². The van der Waals surface area contributed by atoms with Crippen molar-refractivity contribution in [2.75, 3.05) is 13.7 Å². The first-order valence-electron chi connectivity index (χ1n) is 6.21. The molecular weight excluding hydrogens is 260 g/mol. The van der Waals surface area contributed by atoms with Crippen molar-refractivity contribution < 1.29 is 9.47 Å². The number of aromatic nitrogens is 1. The summed E-state index contributed by atoms with van der Waals surface area (Å²) in [6, 6.07) is 5.98.